The highest BCUT2D eigenvalue weighted by molar-refractivity contribution is 7.48. The second kappa shape index (κ2) is 20.8. The molecule has 9 heteroatoms. The van der Waals surface area contributed by atoms with Crippen LogP contribution >= 0.6 is 7.82 Å². The zero-order valence-electron chi connectivity index (χ0n) is 20.1. The van der Waals surface area contributed by atoms with Gasteiger partial charge in [0, 0.05) is 20.6 Å². The lowest BCUT2D eigenvalue weighted by Gasteiger charge is -2.19. The van der Waals surface area contributed by atoms with Crippen LogP contribution in [0.5, 0.6) is 0 Å². The molecule has 6 nitrogen and oxygen atoms in total. The molecule has 0 rings (SSSR count). The zero-order valence-corrected chi connectivity index (χ0v) is 21.0. The van der Waals surface area contributed by atoms with E-state index in [0.29, 0.717) is 6.42 Å². The van der Waals surface area contributed by atoms with Gasteiger partial charge in [-0.1, -0.05) is 70.4 Å². The standard InChI is InChI=1S/C23H43F2O6P/c1-4-5-6-7-8-9-10-11-12-13-14-15-16-17-18-19-22(26)31-21(23(24)25)20-30-32(27,28-2)29-3/h11-12,21,23H,4-10,13-20H2,1-3H3/b12-11+/t21-/m1/s1. The van der Waals surface area contributed by atoms with Gasteiger partial charge in [-0.15, -0.1) is 0 Å². The summed E-state index contributed by atoms with van der Waals surface area (Å²) >= 11 is 0. The number of halogens is 2. The quantitative estimate of drug-likeness (QED) is 0.0681. The molecule has 0 aromatic carbocycles. The Labute approximate surface area is 193 Å². The molecule has 0 N–H and O–H groups in total. The summed E-state index contributed by atoms with van der Waals surface area (Å²) < 4.78 is 56.3. The van der Waals surface area contributed by atoms with Crippen molar-refractivity contribution in [3.05, 3.63) is 12.2 Å². The van der Waals surface area contributed by atoms with Crippen molar-refractivity contribution in [3.8, 4) is 0 Å². The molecule has 190 valence electrons. The molecule has 0 aliphatic rings. The minimum absolute atomic E-state index is 0.0631. The van der Waals surface area contributed by atoms with E-state index in [1.165, 1.54) is 38.5 Å². The van der Waals surface area contributed by atoms with Crippen LogP contribution < -0.4 is 0 Å². The van der Waals surface area contributed by atoms with Crippen molar-refractivity contribution in [1.29, 1.82) is 0 Å². The van der Waals surface area contributed by atoms with Gasteiger partial charge in [0.05, 0.1) is 0 Å². The van der Waals surface area contributed by atoms with Crippen LogP contribution in [-0.2, 0) is 27.7 Å². The lowest BCUT2D eigenvalue weighted by Crippen LogP contribution is -2.30. The van der Waals surface area contributed by atoms with Gasteiger partial charge >= 0.3 is 13.8 Å². The zero-order chi connectivity index (χ0) is 24.1. The number of allylic oxidation sites excluding steroid dienone is 2. The minimum atomic E-state index is -3.90. The molecule has 0 saturated heterocycles. The van der Waals surface area contributed by atoms with Crippen LogP contribution in [0, 0.1) is 0 Å². The van der Waals surface area contributed by atoms with Crippen molar-refractivity contribution >= 4 is 13.8 Å². The van der Waals surface area contributed by atoms with Crippen LogP contribution in [0.2, 0.25) is 0 Å². The maximum absolute atomic E-state index is 13.0. The Balaban J connectivity index is 3.74. The first-order chi connectivity index (χ1) is 15.4. The summed E-state index contributed by atoms with van der Waals surface area (Å²) in [6.45, 7) is 1.46. The SMILES string of the molecule is CCCCCCCC/C=C/CCCCCCCC(=O)O[C@H](COP(=O)(OC)OC)C(F)F. The molecule has 1 atom stereocenters. The number of unbranched alkanes of at least 4 members (excludes halogenated alkanes) is 11. The maximum Gasteiger partial charge on any atom is 0.474 e. The summed E-state index contributed by atoms with van der Waals surface area (Å²) in [4.78, 5) is 11.8. The Hall–Kier alpha value is -0.820. The Morgan fingerprint density at radius 3 is 1.84 bits per heavy atom. The Kier molecular flexibility index (Phi) is 20.2. The van der Waals surface area contributed by atoms with E-state index in [1.807, 2.05) is 0 Å². The van der Waals surface area contributed by atoms with E-state index < -0.39 is 32.9 Å². The van der Waals surface area contributed by atoms with Gasteiger partial charge in [0.2, 0.25) is 0 Å². The van der Waals surface area contributed by atoms with Crippen molar-refractivity contribution in [2.45, 2.75) is 109 Å². The van der Waals surface area contributed by atoms with Crippen LogP contribution in [0.25, 0.3) is 0 Å². The molecule has 0 saturated carbocycles. The number of phosphoric acid groups is 1. The number of alkyl halides is 2. The van der Waals surface area contributed by atoms with Crippen molar-refractivity contribution in [1.82, 2.24) is 0 Å². The first-order valence-corrected chi connectivity index (χ1v) is 13.3. The topological polar surface area (TPSA) is 71.1 Å². The third-order valence-electron chi connectivity index (χ3n) is 5.05. The predicted molar refractivity (Wildman–Crippen MR) is 123 cm³/mol. The highest BCUT2D eigenvalue weighted by atomic mass is 31.2. The summed E-state index contributed by atoms with van der Waals surface area (Å²) in [7, 11) is -1.76. The fourth-order valence-corrected chi connectivity index (χ4v) is 3.76. The van der Waals surface area contributed by atoms with Crippen molar-refractivity contribution < 1.29 is 36.4 Å². The highest BCUT2D eigenvalue weighted by Gasteiger charge is 2.31. The first-order valence-electron chi connectivity index (χ1n) is 11.9. The molecular weight excluding hydrogens is 441 g/mol. The van der Waals surface area contributed by atoms with E-state index in [1.54, 1.807) is 0 Å². The third kappa shape index (κ3) is 17.7. The molecule has 0 heterocycles. The number of ether oxygens (including phenoxy) is 1. The van der Waals surface area contributed by atoms with Gasteiger partial charge in [0.15, 0.2) is 6.10 Å². The molecule has 0 radical (unpaired) electrons. The molecule has 0 fully saturated rings. The van der Waals surface area contributed by atoms with Gasteiger partial charge < -0.3 is 4.74 Å². The average Bonchev–Trinajstić information content (AvgIpc) is 2.78. The van der Waals surface area contributed by atoms with Crippen molar-refractivity contribution in [3.63, 3.8) is 0 Å². The second-order valence-electron chi connectivity index (χ2n) is 7.81. The molecular formula is C23H43F2O6P. The van der Waals surface area contributed by atoms with Crippen LogP contribution in [0.3, 0.4) is 0 Å². The van der Waals surface area contributed by atoms with Gasteiger partial charge in [-0.3, -0.25) is 18.4 Å². The monoisotopic (exact) mass is 484 g/mol. The predicted octanol–water partition coefficient (Wildman–Crippen LogP) is 7.62. The number of esters is 1. The third-order valence-corrected chi connectivity index (χ3v) is 6.41. The minimum Gasteiger partial charge on any atom is -0.454 e. The summed E-state index contributed by atoms with van der Waals surface area (Å²) in [6.07, 6.45) is 14.6. The molecule has 0 spiro atoms. The van der Waals surface area contributed by atoms with Crippen LogP contribution in [-0.4, -0.2) is 39.3 Å². The molecule has 0 aliphatic heterocycles. The molecule has 0 unspecified atom stereocenters. The highest BCUT2D eigenvalue weighted by Crippen LogP contribution is 2.47. The maximum atomic E-state index is 13.0. The summed E-state index contributed by atoms with van der Waals surface area (Å²) in [5.41, 5.74) is 0. The van der Waals surface area contributed by atoms with Gasteiger partial charge in [-0.25, -0.2) is 13.3 Å². The number of rotatable bonds is 22. The summed E-state index contributed by atoms with van der Waals surface area (Å²) in [5.74, 6) is -0.721. The number of phosphoric ester groups is 1. The van der Waals surface area contributed by atoms with Gasteiger partial charge in [0.25, 0.3) is 6.43 Å². The first kappa shape index (κ1) is 31.2. The molecule has 32 heavy (non-hydrogen) atoms. The van der Waals surface area contributed by atoms with E-state index in [-0.39, 0.29) is 6.42 Å². The van der Waals surface area contributed by atoms with Crippen LogP contribution in [0.4, 0.5) is 8.78 Å². The Morgan fingerprint density at radius 2 is 1.34 bits per heavy atom. The fourth-order valence-electron chi connectivity index (χ4n) is 3.07. The summed E-state index contributed by atoms with van der Waals surface area (Å²) in [5, 5.41) is 0. The van der Waals surface area contributed by atoms with Gasteiger partial charge in [-0.05, 0) is 32.1 Å². The normalized spacial score (nSPS) is 13.2. The van der Waals surface area contributed by atoms with E-state index in [2.05, 4.69) is 28.1 Å². The second-order valence-corrected chi connectivity index (χ2v) is 9.69. The van der Waals surface area contributed by atoms with Gasteiger partial charge in [-0.2, -0.15) is 0 Å². The number of carbonyl (C=O) groups is 1. The smallest absolute Gasteiger partial charge is 0.454 e. The van der Waals surface area contributed by atoms with Crippen molar-refractivity contribution in [2.24, 2.45) is 0 Å². The fraction of sp³-hybridized carbons (Fsp3) is 0.870. The molecule has 0 aliphatic carbocycles. The molecule has 0 aromatic rings. The Bertz CT molecular complexity index is 523. The lowest BCUT2D eigenvalue weighted by atomic mass is 10.1. The summed E-state index contributed by atoms with van der Waals surface area (Å²) in [6, 6.07) is 0. The average molecular weight is 485 g/mol. The molecule has 0 amide bonds. The number of carbonyl (C=O) groups excluding carboxylic acids is 1. The van der Waals surface area contributed by atoms with Gasteiger partial charge in [0.1, 0.15) is 6.61 Å². The van der Waals surface area contributed by atoms with E-state index in [9.17, 15) is 18.1 Å². The van der Waals surface area contributed by atoms with E-state index in [4.69, 9.17) is 9.26 Å². The van der Waals surface area contributed by atoms with Crippen molar-refractivity contribution in [2.75, 3.05) is 20.8 Å². The van der Waals surface area contributed by atoms with E-state index in [0.717, 1.165) is 52.7 Å². The number of hydrogen-bond donors (Lipinski definition) is 0. The number of hydrogen-bond acceptors (Lipinski definition) is 6. The molecule has 0 aromatic heterocycles. The molecule has 0 bridgehead atoms. The lowest BCUT2D eigenvalue weighted by molar-refractivity contribution is -0.160. The van der Waals surface area contributed by atoms with Crippen LogP contribution in [0.15, 0.2) is 12.2 Å². The Morgan fingerprint density at radius 1 is 0.844 bits per heavy atom. The largest absolute Gasteiger partial charge is 0.474 e. The van der Waals surface area contributed by atoms with E-state index >= 15 is 0 Å². The van der Waals surface area contributed by atoms with Crippen LogP contribution in [0.1, 0.15) is 96.8 Å².